The molecule has 0 atom stereocenters. The molecule has 0 aromatic carbocycles. The molecule has 2 rings (SSSR count). The molecule has 0 aliphatic carbocycles. The fourth-order valence-corrected chi connectivity index (χ4v) is 1.20. The summed E-state index contributed by atoms with van der Waals surface area (Å²) in [5.41, 5.74) is 0.871. The average Bonchev–Trinajstić information content (AvgIpc) is 2.39. The Morgan fingerprint density at radius 1 is 1.62 bits per heavy atom. The summed E-state index contributed by atoms with van der Waals surface area (Å²) in [4.78, 5) is 14.1. The zero-order chi connectivity index (χ0) is 9.42. The summed E-state index contributed by atoms with van der Waals surface area (Å²) < 4.78 is 1.22. The van der Waals surface area contributed by atoms with E-state index >= 15 is 0 Å². The van der Waals surface area contributed by atoms with Crippen molar-refractivity contribution in [2.45, 2.75) is 6.92 Å². The number of imidazole rings is 1. The van der Waals surface area contributed by atoms with Crippen molar-refractivity contribution in [2.24, 2.45) is 0 Å². The molecule has 0 fully saturated rings. The molecule has 0 radical (unpaired) electrons. The number of hydrogen-bond donors (Lipinski definition) is 0. The van der Waals surface area contributed by atoms with Gasteiger partial charge in [0.1, 0.15) is 5.69 Å². The molecule has 6 heteroatoms. The Morgan fingerprint density at radius 2 is 2.38 bits per heavy atom. The minimum Gasteiger partial charge on any atom is -0.358 e. The first-order chi connectivity index (χ1) is 6.20. The first-order valence-electron chi connectivity index (χ1n) is 3.65. The van der Waals surface area contributed by atoms with Gasteiger partial charge in [-0.05, 0) is 17.9 Å². The third kappa shape index (κ3) is 1.03. The highest BCUT2D eigenvalue weighted by molar-refractivity contribution is 5.46. The number of aryl methyl sites for hydroxylation is 1. The van der Waals surface area contributed by atoms with Gasteiger partial charge >= 0.3 is 5.82 Å². The first kappa shape index (κ1) is 7.66. The number of hydrogen-bond acceptors (Lipinski definition) is 4. The van der Waals surface area contributed by atoms with Crippen molar-refractivity contribution in [3.63, 3.8) is 0 Å². The molecule has 66 valence electrons. The third-order valence-electron chi connectivity index (χ3n) is 1.71. The number of fused-ring (bicyclic) bond motifs is 1. The van der Waals surface area contributed by atoms with E-state index in [1.807, 2.05) is 0 Å². The summed E-state index contributed by atoms with van der Waals surface area (Å²) in [6.45, 7) is 1.59. The molecular formula is C7H6N4O2. The van der Waals surface area contributed by atoms with Crippen molar-refractivity contribution < 1.29 is 4.92 Å². The number of rotatable bonds is 1. The largest absolute Gasteiger partial charge is 0.371 e. The smallest absolute Gasteiger partial charge is 0.358 e. The van der Waals surface area contributed by atoms with Crippen LogP contribution in [0.15, 0.2) is 18.3 Å². The molecule has 0 bridgehead atoms. The van der Waals surface area contributed by atoms with Crippen LogP contribution in [0.3, 0.4) is 0 Å². The van der Waals surface area contributed by atoms with Crippen LogP contribution in [0.2, 0.25) is 0 Å². The Labute approximate surface area is 73.0 Å². The highest BCUT2D eigenvalue weighted by Gasteiger charge is 2.19. The minimum atomic E-state index is -0.484. The summed E-state index contributed by atoms with van der Waals surface area (Å²) in [5, 5.41) is 14.4. The van der Waals surface area contributed by atoms with Gasteiger partial charge in [-0.2, -0.15) is 0 Å². The molecule has 6 nitrogen and oxygen atoms in total. The number of nitro groups is 1. The van der Waals surface area contributed by atoms with Crippen LogP contribution >= 0.6 is 0 Å². The van der Waals surface area contributed by atoms with Gasteiger partial charge in [-0.25, -0.2) is 4.98 Å². The lowest BCUT2D eigenvalue weighted by molar-refractivity contribution is -0.391. The maximum atomic E-state index is 10.6. The topological polar surface area (TPSA) is 73.3 Å². The van der Waals surface area contributed by atoms with Gasteiger partial charge in [0.15, 0.2) is 0 Å². The van der Waals surface area contributed by atoms with Crippen LogP contribution in [-0.4, -0.2) is 19.5 Å². The summed E-state index contributed by atoms with van der Waals surface area (Å²) in [6, 6.07) is 3.36. The molecule has 0 unspecified atom stereocenters. The maximum absolute atomic E-state index is 10.6. The van der Waals surface area contributed by atoms with Gasteiger partial charge < -0.3 is 10.1 Å². The van der Waals surface area contributed by atoms with Crippen LogP contribution in [-0.2, 0) is 0 Å². The summed E-state index contributed by atoms with van der Waals surface area (Å²) >= 11 is 0. The van der Waals surface area contributed by atoms with Crippen LogP contribution in [0.5, 0.6) is 0 Å². The second kappa shape index (κ2) is 2.51. The predicted molar refractivity (Wildman–Crippen MR) is 44.4 cm³/mol. The molecule has 0 saturated heterocycles. The Balaban J connectivity index is 2.86. The van der Waals surface area contributed by atoms with Crippen molar-refractivity contribution in [1.29, 1.82) is 0 Å². The Kier molecular flexibility index (Phi) is 1.48. The molecule has 13 heavy (non-hydrogen) atoms. The standard InChI is InChI=1S/C7H6N4O2/c1-5-7(11(12)13)10-6(9-5)3-2-4-8-10/h2-4H,1H3. The van der Waals surface area contributed by atoms with E-state index < -0.39 is 4.92 Å². The van der Waals surface area contributed by atoms with Crippen LogP contribution in [0.1, 0.15) is 5.69 Å². The van der Waals surface area contributed by atoms with Crippen molar-refractivity contribution in [1.82, 2.24) is 14.6 Å². The normalized spacial score (nSPS) is 10.5. The van der Waals surface area contributed by atoms with Gasteiger partial charge in [-0.3, -0.25) is 0 Å². The van der Waals surface area contributed by atoms with Crippen molar-refractivity contribution in [2.75, 3.05) is 0 Å². The molecule has 0 aliphatic rings. The second-order valence-electron chi connectivity index (χ2n) is 2.57. The molecule has 0 N–H and O–H groups in total. The monoisotopic (exact) mass is 178 g/mol. The zero-order valence-electron chi connectivity index (χ0n) is 6.84. The van der Waals surface area contributed by atoms with E-state index in [0.29, 0.717) is 11.3 Å². The molecular weight excluding hydrogens is 172 g/mol. The van der Waals surface area contributed by atoms with Crippen molar-refractivity contribution in [3.8, 4) is 0 Å². The van der Waals surface area contributed by atoms with E-state index in [2.05, 4.69) is 10.1 Å². The quantitative estimate of drug-likeness (QED) is 0.481. The van der Waals surface area contributed by atoms with Crippen LogP contribution < -0.4 is 0 Å². The highest BCUT2D eigenvalue weighted by atomic mass is 16.6. The SMILES string of the molecule is Cc1nc2cccnn2c1[N+](=O)[O-]. The van der Waals surface area contributed by atoms with Gasteiger partial charge in [-0.15, -0.1) is 0 Å². The molecule has 0 aliphatic heterocycles. The van der Waals surface area contributed by atoms with Crippen molar-refractivity contribution in [3.05, 3.63) is 34.1 Å². The number of aromatic nitrogens is 3. The fraction of sp³-hybridized carbons (Fsp3) is 0.143. The van der Waals surface area contributed by atoms with Gasteiger partial charge in [0.25, 0.3) is 0 Å². The highest BCUT2D eigenvalue weighted by Crippen LogP contribution is 2.17. The summed E-state index contributed by atoms with van der Waals surface area (Å²) in [7, 11) is 0. The Bertz CT molecular complexity index is 476. The van der Waals surface area contributed by atoms with Crippen LogP contribution in [0, 0.1) is 17.0 Å². The van der Waals surface area contributed by atoms with Gasteiger partial charge in [0, 0.05) is 6.07 Å². The molecule has 2 heterocycles. The van der Waals surface area contributed by atoms with Gasteiger partial charge in [0.2, 0.25) is 5.65 Å². The van der Waals surface area contributed by atoms with Crippen LogP contribution in [0.25, 0.3) is 5.65 Å². The van der Waals surface area contributed by atoms with E-state index in [9.17, 15) is 10.1 Å². The minimum absolute atomic E-state index is 0.0735. The maximum Gasteiger partial charge on any atom is 0.371 e. The third-order valence-corrected chi connectivity index (χ3v) is 1.71. The van der Waals surface area contributed by atoms with Gasteiger partial charge in [-0.1, -0.05) is 9.61 Å². The van der Waals surface area contributed by atoms with Gasteiger partial charge in [0.05, 0.1) is 6.20 Å². The zero-order valence-corrected chi connectivity index (χ0v) is 6.84. The first-order valence-corrected chi connectivity index (χ1v) is 3.65. The Morgan fingerprint density at radius 3 is 3.08 bits per heavy atom. The lowest BCUT2D eigenvalue weighted by atomic mass is 10.5. The molecule has 0 saturated carbocycles. The van der Waals surface area contributed by atoms with E-state index in [-0.39, 0.29) is 5.82 Å². The molecule has 0 amide bonds. The summed E-state index contributed by atoms with van der Waals surface area (Å²) in [6.07, 6.45) is 1.49. The van der Waals surface area contributed by atoms with Crippen LogP contribution in [0.4, 0.5) is 5.82 Å². The Hall–Kier alpha value is -1.98. The van der Waals surface area contributed by atoms with Crippen molar-refractivity contribution >= 4 is 11.5 Å². The van der Waals surface area contributed by atoms with E-state index in [4.69, 9.17) is 0 Å². The van der Waals surface area contributed by atoms with E-state index in [1.165, 1.54) is 10.7 Å². The van der Waals surface area contributed by atoms with E-state index in [0.717, 1.165) is 0 Å². The lowest BCUT2D eigenvalue weighted by Crippen LogP contribution is -1.97. The molecule has 0 spiro atoms. The molecule has 2 aromatic rings. The second-order valence-corrected chi connectivity index (χ2v) is 2.57. The average molecular weight is 178 g/mol. The molecule has 2 aromatic heterocycles. The number of nitrogens with zero attached hydrogens (tertiary/aromatic N) is 4. The fourth-order valence-electron chi connectivity index (χ4n) is 1.20. The van der Waals surface area contributed by atoms with E-state index in [1.54, 1.807) is 19.1 Å². The lowest BCUT2D eigenvalue weighted by Gasteiger charge is -1.91. The predicted octanol–water partition coefficient (Wildman–Crippen LogP) is 0.946. The summed E-state index contributed by atoms with van der Waals surface area (Å²) in [5.74, 6) is -0.0735.